The number of methoxy groups -OCH3 is 1. The van der Waals surface area contributed by atoms with E-state index in [9.17, 15) is 13.2 Å². The van der Waals surface area contributed by atoms with E-state index in [4.69, 9.17) is 14.2 Å². The highest BCUT2D eigenvalue weighted by molar-refractivity contribution is 9.10. The van der Waals surface area contributed by atoms with Crippen molar-refractivity contribution in [1.29, 1.82) is 0 Å². The Morgan fingerprint density at radius 2 is 1.74 bits per heavy atom. The lowest BCUT2D eigenvalue weighted by molar-refractivity contribution is 0.0802. The molecule has 1 aliphatic rings. The molecule has 9 heteroatoms. The maximum Gasteiger partial charge on any atom is 0.411 e. The minimum atomic E-state index is -3.96. The molecular formula is C26H26BrNO6S. The first-order chi connectivity index (χ1) is 16.9. The molecule has 1 fully saturated rings. The minimum Gasteiger partial charge on any atom is -0.497 e. The first-order valence-electron chi connectivity index (χ1n) is 11.1. The third-order valence-electron chi connectivity index (χ3n) is 5.82. The van der Waals surface area contributed by atoms with Crippen LogP contribution in [0.2, 0.25) is 0 Å². The Morgan fingerprint density at radius 1 is 1.06 bits per heavy atom. The summed E-state index contributed by atoms with van der Waals surface area (Å²) in [6.45, 7) is 0.0929. The number of halogens is 1. The van der Waals surface area contributed by atoms with Crippen molar-refractivity contribution in [2.24, 2.45) is 0 Å². The normalized spacial score (nSPS) is 16.7. The smallest absolute Gasteiger partial charge is 0.411 e. The molecule has 0 radical (unpaired) electrons. The Labute approximate surface area is 213 Å². The number of rotatable bonds is 10. The van der Waals surface area contributed by atoms with E-state index in [1.807, 2.05) is 48.5 Å². The first kappa shape index (κ1) is 25.2. The number of cyclic esters (lactones) is 1. The highest BCUT2D eigenvalue weighted by Gasteiger charge is 2.45. The Morgan fingerprint density at radius 3 is 2.43 bits per heavy atom. The summed E-state index contributed by atoms with van der Waals surface area (Å²) in [5.41, 5.74) is 1.78. The van der Waals surface area contributed by atoms with E-state index in [2.05, 4.69) is 15.9 Å². The van der Waals surface area contributed by atoms with Crippen molar-refractivity contribution in [2.45, 2.75) is 29.3 Å². The van der Waals surface area contributed by atoms with Crippen LogP contribution in [0.1, 0.15) is 11.1 Å². The largest absolute Gasteiger partial charge is 0.497 e. The van der Waals surface area contributed by atoms with Crippen molar-refractivity contribution < 1.29 is 27.4 Å². The average molecular weight is 560 g/mol. The topological polar surface area (TPSA) is 82.1 Å². The molecule has 7 nitrogen and oxygen atoms in total. The van der Waals surface area contributed by atoms with E-state index in [1.54, 1.807) is 25.3 Å². The number of carbonyl (C=O) groups is 1. The molecule has 184 valence electrons. The molecule has 3 aromatic rings. The number of hydrogen-bond acceptors (Lipinski definition) is 6. The third kappa shape index (κ3) is 5.86. The first-order valence-corrected chi connectivity index (χ1v) is 13.4. The SMILES string of the molecule is COc1ccc(Br)c(CC2COC(=O)N2C(COCc2ccccc2)S(=O)(=O)c2ccccc2)c1. The van der Waals surface area contributed by atoms with Crippen LogP contribution in [0.25, 0.3) is 0 Å². The molecule has 0 N–H and O–H groups in total. The van der Waals surface area contributed by atoms with Crippen LogP contribution in [0.5, 0.6) is 5.75 Å². The summed E-state index contributed by atoms with van der Waals surface area (Å²) in [6, 6.07) is 22.6. The van der Waals surface area contributed by atoms with E-state index in [0.717, 1.165) is 15.6 Å². The molecule has 0 aromatic heterocycles. The lowest BCUT2D eigenvalue weighted by Gasteiger charge is -2.30. The van der Waals surface area contributed by atoms with Gasteiger partial charge in [-0.25, -0.2) is 13.2 Å². The van der Waals surface area contributed by atoms with Gasteiger partial charge in [0.15, 0.2) is 5.37 Å². The summed E-state index contributed by atoms with van der Waals surface area (Å²) in [5, 5.41) is -1.25. The Bertz CT molecular complexity index is 1250. The van der Waals surface area contributed by atoms with Crippen molar-refractivity contribution in [3.8, 4) is 5.75 Å². The molecule has 3 aromatic carbocycles. The van der Waals surface area contributed by atoms with Crippen molar-refractivity contribution in [1.82, 2.24) is 4.90 Å². The van der Waals surface area contributed by atoms with Crippen LogP contribution in [-0.4, -0.2) is 51.2 Å². The molecule has 4 rings (SSSR count). The maximum atomic E-state index is 13.7. The van der Waals surface area contributed by atoms with Gasteiger partial charge in [-0.1, -0.05) is 64.5 Å². The molecule has 0 saturated carbocycles. The van der Waals surface area contributed by atoms with Crippen LogP contribution in [0.15, 0.2) is 88.2 Å². The van der Waals surface area contributed by atoms with Gasteiger partial charge in [-0.05, 0) is 47.9 Å². The molecule has 2 unspecified atom stereocenters. The van der Waals surface area contributed by atoms with Crippen molar-refractivity contribution in [3.63, 3.8) is 0 Å². The molecular weight excluding hydrogens is 534 g/mol. The second-order valence-corrected chi connectivity index (χ2v) is 11.1. The van der Waals surface area contributed by atoms with Crippen molar-refractivity contribution >= 4 is 31.9 Å². The van der Waals surface area contributed by atoms with Crippen LogP contribution in [0.4, 0.5) is 4.79 Å². The Hall–Kier alpha value is -2.88. The number of nitrogens with zero attached hydrogens (tertiary/aromatic N) is 1. The fourth-order valence-corrected chi connectivity index (χ4v) is 6.10. The monoisotopic (exact) mass is 559 g/mol. The van der Waals surface area contributed by atoms with Gasteiger partial charge in [-0.15, -0.1) is 0 Å². The van der Waals surface area contributed by atoms with Crippen molar-refractivity contribution in [3.05, 3.63) is 94.5 Å². The molecule has 2 atom stereocenters. The van der Waals surface area contributed by atoms with Gasteiger partial charge in [0.2, 0.25) is 9.84 Å². The predicted octanol–water partition coefficient (Wildman–Crippen LogP) is 4.84. The molecule has 0 aliphatic carbocycles. The van der Waals surface area contributed by atoms with Gasteiger partial charge in [0, 0.05) is 4.47 Å². The molecule has 1 amide bonds. The summed E-state index contributed by atoms with van der Waals surface area (Å²) < 4.78 is 44.8. The van der Waals surface area contributed by atoms with Gasteiger partial charge in [-0.2, -0.15) is 0 Å². The van der Waals surface area contributed by atoms with Crippen LogP contribution in [-0.2, 0) is 32.3 Å². The number of amides is 1. The zero-order valence-electron chi connectivity index (χ0n) is 19.2. The molecule has 1 heterocycles. The second-order valence-electron chi connectivity index (χ2n) is 8.11. The van der Waals surface area contributed by atoms with Gasteiger partial charge >= 0.3 is 6.09 Å². The summed E-state index contributed by atoms with van der Waals surface area (Å²) in [5.74, 6) is 0.666. The van der Waals surface area contributed by atoms with Crippen molar-refractivity contribution in [2.75, 3.05) is 20.3 Å². The van der Waals surface area contributed by atoms with E-state index in [-0.39, 0.29) is 24.7 Å². The molecule has 0 spiro atoms. The number of ether oxygens (including phenoxy) is 3. The third-order valence-corrected chi connectivity index (χ3v) is 8.61. The number of sulfone groups is 1. The highest BCUT2D eigenvalue weighted by atomic mass is 79.9. The minimum absolute atomic E-state index is 0.0714. The fraction of sp³-hybridized carbons (Fsp3) is 0.269. The summed E-state index contributed by atoms with van der Waals surface area (Å²) in [4.78, 5) is 14.3. The van der Waals surface area contributed by atoms with Gasteiger partial charge < -0.3 is 14.2 Å². The molecule has 1 saturated heterocycles. The lowest BCUT2D eigenvalue weighted by atomic mass is 10.1. The fourth-order valence-electron chi connectivity index (χ4n) is 4.01. The summed E-state index contributed by atoms with van der Waals surface area (Å²) in [7, 11) is -2.38. The maximum absolute atomic E-state index is 13.7. The number of hydrogen-bond donors (Lipinski definition) is 0. The quantitative estimate of drug-likeness (QED) is 0.353. The molecule has 0 bridgehead atoms. The predicted molar refractivity (Wildman–Crippen MR) is 135 cm³/mol. The Balaban J connectivity index is 1.64. The average Bonchev–Trinajstić information content (AvgIpc) is 3.23. The van der Waals surface area contributed by atoms with Gasteiger partial charge in [-0.3, -0.25) is 4.90 Å². The zero-order valence-corrected chi connectivity index (χ0v) is 21.6. The standard InChI is InChI=1S/C26H26BrNO6S/c1-32-22-12-13-24(27)20(15-22)14-21-17-34-26(29)28(21)25(18-33-16-19-8-4-2-5-9-19)35(30,31)23-10-6-3-7-11-23/h2-13,15,21,25H,14,16-18H2,1H3. The van der Waals surface area contributed by atoms with E-state index in [0.29, 0.717) is 12.2 Å². The van der Waals surface area contributed by atoms with E-state index >= 15 is 0 Å². The highest BCUT2D eigenvalue weighted by Crippen LogP contribution is 2.30. The Kier molecular flexibility index (Phi) is 8.10. The number of carbonyl (C=O) groups excluding carboxylic acids is 1. The van der Waals surface area contributed by atoms with Crippen LogP contribution < -0.4 is 4.74 Å². The van der Waals surface area contributed by atoms with Gasteiger partial charge in [0.25, 0.3) is 0 Å². The number of benzene rings is 3. The lowest BCUT2D eigenvalue weighted by Crippen LogP contribution is -2.49. The van der Waals surface area contributed by atoms with Crippen LogP contribution in [0, 0.1) is 0 Å². The summed E-state index contributed by atoms with van der Waals surface area (Å²) in [6.07, 6.45) is -0.301. The van der Waals surface area contributed by atoms with Gasteiger partial charge in [0.1, 0.15) is 12.4 Å². The second kappa shape index (κ2) is 11.2. The molecule has 35 heavy (non-hydrogen) atoms. The van der Waals surface area contributed by atoms with E-state index in [1.165, 1.54) is 17.0 Å². The van der Waals surface area contributed by atoms with Gasteiger partial charge in [0.05, 0.1) is 31.3 Å². The molecule has 1 aliphatic heterocycles. The van der Waals surface area contributed by atoms with Crippen LogP contribution in [0.3, 0.4) is 0 Å². The zero-order chi connectivity index (χ0) is 24.8. The van der Waals surface area contributed by atoms with E-state index < -0.39 is 27.3 Å². The summed E-state index contributed by atoms with van der Waals surface area (Å²) >= 11 is 3.54. The van der Waals surface area contributed by atoms with Crippen LogP contribution >= 0.6 is 15.9 Å².